The summed E-state index contributed by atoms with van der Waals surface area (Å²) in [6.07, 6.45) is 1.74. The monoisotopic (exact) mass is 430 g/mol. The Bertz CT molecular complexity index is 1000. The van der Waals surface area contributed by atoms with Crippen LogP contribution < -0.4 is 0 Å². The summed E-state index contributed by atoms with van der Waals surface area (Å²) in [7, 11) is 0. The Labute approximate surface area is 175 Å². The molecule has 2 aromatic rings. The molecule has 10 heteroatoms. The van der Waals surface area contributed by atoms with Gasteiger partial charge >= 0.3 is 0 Å². The summed E-state index contributed by atoms with van der Waals surface area (Å²) < 4.78 is 13.9. The highest BCUT2D eigenvalue weighted by atomic mass is 32.1. The first-order valence-corrected chi connectivity index (χ1v) is 10.4. The highest BCUT2D eigenvalue weighted by Gasteiger charge is 2.33. The van der Waals surface area contributed by atoms with Gasteiger partial charge in [0, 0.05) is 44.6 Å². The van der Waals surface area contributed by atoms with E-state index in [4.69, 9.17) is 0 Å². The molecule has 4 amide bonds. The Morgan fingerprint density at radius 1 is 1.00 bits per heavy atom. The van der Waals surface area contributed by atoms with E-state index in [1.165, 1.54) is 12.3 Å². The zero-order chi connectivity index (χ0) is 21.3. The van der Waals surface area contributed by atoms with Crippen molar-refractivity contribution in [2.45, 2.75) is 12.8 Å². The lowest BCUT2D eigenvalue weighted by Crippen LogP contribution is -2.53. The normalized spacial score (nSPS) is 17.0. The van der Waals surface area contributed by atoms with Crippen LogP contribution >= 0.6 is 11.3 Å². The maximum Gasteiger partial charge on any atom is 0.265 e. The smallest absolute Gasteiger partial charge is 0.265 e. The van der Waals surface area contributed by atoms with Gasteiger partial charge in [-0.15, -0.1) is 11.3 Å². The minimum Gasteiger partial charge on any atom is -0.338 e. The van der Waals surface area contributed by atoms with Gasteiger partial charge in [0.25, 0.3) is 5.91 Å². The molecule has 2 fully saturated rings. The van der Waals surface area contributed by atoms with Crippen LogP contribution in [0, 0.1) is 5.82 Å². The Balaban J connectivity index is 1.35. The summed E-state index contributed by atoms with van der Waals surface area (Å²) in [6, 6.07) is 6.26. The standard InChI is InChI=1S/C20H19FN4O4S/c21-14-4-2-1-3-13(14)19-22-11-15(30-19)20(29)24-9-7-23(8-10-24)18(28)12-25-16(26)5-6-17(25)27/h1-4,11H,5-10,12H2. The summed E-state index contributed by atoms with van der Waals surface area (Å²) in [5.41, 5.74) is 0.350. The maximum absolute atomic E-state index is 13.9. The van der Waals surface area contributed by atoms with E-state index in [0.29, 0.717) is 41.6 Å². The number of hydrogen-bond donors (Lipinski definition) is 0. The number of aromatic nitrogens is 1. The maximum atomic E-state index is 13.9. The van der Waals surface area contributed by atoms with Gasteiger partial charge in [-0.3, -0.25) is 24.1 Å². The molecule has 0 unspecified atom stereocenters. The summed E-state index contributed by atoms with van der Waals surface area (Å²) >= 11 is 1.13. The van der Waals surface area contributed by atoms with Crippen molar-refractivity contribution in [1.82, 2.24) is 19.7 Å². The lowest BCUT2D eigenvalue weighted by Gasteiger charge is -2.35. The van der Waals surface area contributed by atoms with E-state index in [1.54, 1.807) is 28.0 Å². The summed E-state index contributed by atoms with van der Waals surface area (Å²) in [5, 5.41) is 0.435. The Morgan fingerprint density at radius 2 is 1.63 bits per heavy atom. The van der Waals surface area contributed by atoms with Gasteiger partial charge < -0.3 is 9.80 Å². The average Bonchev–Trinajstić information content (AvgIpc) is 3.36. The van der Waals surface area contributed by atoms with Crippen molar-refractivity contribution in [2.75, 3.05) is 32.7 Å². The van der Waals surface area contributed by atoms with E-state index in [9.17, 15) is 23.6 Å². The minimum absolute atomic E-state index is 0.151. The van der Waals surface area contributed by atoms with Crippen LogP contribution in [0.25, 0.3) is 10.6 Å². The zero-order valence-electron chi connectivity index (χ0n) is 16.0. The molecule has 2 aliphatic heterocycles. The van der Waals surface area contributed by atoms with Crippen molar-refractivity contribution >= 4 is 35.0 Å². The van der Waals surface area contributed by atoms with Crippen molar-refractivity contribution in [1.29, 1.82) is 0 Å². The van der Waals surface area contributed by atoms with Crippen LogP contribution in [0.15, 0.2) is 30.5 Å². The van der Waals surface area contributed by atoms with Crippen LogP contribution in [0.5, 0.6) is 0 Å². The van der Waals surface area contributed by atoms with E-state index in [0.717, 1.165) is 16.2 Å². The third-order valence-electron chi connectivity index (χ3n) is 5.19. The molecule has 3 heterocycles. The largest absolute Gasteiger partial charge is 0.338 e. The molecule has 0 atom stereocenters. The van der Waals surface area contributed by atoms with Crippen LogP contribution in [0.2, 0.25) is 0 Å². The minimum atomic E-state index is -0.395. The van der Waals surface area contributed by atoms with Gasteiger partial charge in [0.2, 0.25) is 17.7 Å². The quantitative estimate of drug-likeness (QED) is 0.684. The van der Waals surface area contributed by atoms with Crippen molar-refractivity contribution in [3.8, 4) is 10.6 Å². The topological polar surface area (TPSA) is 90.9 Å². The third-order valence-corrected chi connectivity index (χ3v) is 6.21. The van der Waals surface area contributed by atoms with Gasteiger partial charge in [0.1, 0.15) is 22.2 Å². The number of benzene rings is 1. The molecule has 0 radical (unpaired) electrons. The molecule has 0 saturated carbocycles. The van der Waals surface area contributed by atoms with Gasteiger partial charge in [-0.05, 0) is 12.1 Å². The number of piperazine rings is 1. The lowest BCUT2D eigenvalue weighted by molar-refractivity contribution is -0.146. The first-order valence-electron chi connectivity index (χ1n) is 9.55. The molecule has 1 aromatic heterocycles. The second-order valence-corrected chi connectivity index (χ2v) is 8.09. The predicted octanol–water partition coefficient (Wildman–Crippen LogP) is 1.38. The van der Waals surface area contributed by atoms with E-state index < -0.39 is 5.82 Å². The fourth-order valence-electron chi connectivity index (χ4n) is 3.48. The van der Waals surface area contributed by atoms with Crippen LogP contribution in [0.3, 0.4) is 0 Å². The van der Waals surface area contributed by atoms with Gasteiger partial charge in [-0.1, -0.05) is 12.1 Å². The fourth-order valence-corrected chi connectivity index (χ4v) is 4.39. The molecule has 0 spiro atoms. The highest BCUT2D eigenvalue weighted by Crippen LogP contribution is 2.28. The number of amides is 4. The molecule has 0 N–H and O–H groups in total. The van der Waals surface area contributed by atoms with E-state index in [2.05, 4.69) is 4.98 Å². The van der Waals surface area contributed by atoms with Gasteiger partial charge in [-0.2, -0.15) is 0 Å². The molecule has 8 nitrogen and oxygen atoms in total. The van der Waals surface area contributed by atoms with Crippen molar-refractivity contribution in [3.05, 3.63) is 41.2 Å². The second-order valence-electron chi connectivity index (χ2n) is 7.06. The van der Waals surface area contributed by atoms with Crippen molar-refractivity contribution in [2.24, 2.45) is 0 Å². The summed E-state index contributed by atoms with van der Waals surface area (Å²) in [4.78, 5) is 57.3. The number of halogens is 1. The molecule has 4 rings (SSSR count). The Morgan fingerprint density at radius 3 is 2.30 bits per heavy atom. The van der Waals surface area contributed by atoms with Crippen LogP contribution in [0.4, 0.5) is 4.39 Å². The number of thiazole rings is 1. The number of likely N-dealkylation sites (tertiary alicyclic amines) is 1. The Hall–Kier alpha value is -3.14. The molecule has 1 aromatic carbocycles. The molecule has 0 aliphatic carbocycles. The van der Waals surface area contributed by atoms with Gasteiger partial charge in [-0.25, -0.2) is 9.37 Å². The number of carbonyl (C=O) groups is 4. The van der Waals surface area contributed by atoms with Crippen LogP contribution in [-0.2, 0) is 14.4 Å². The van der Waals surface area contributed by atoms with E-state index >= 15 is 0 Å². The molecule has 156 valence electrons. The summed E-state index contributed by atoms with van der Waals surface area (Å²) in [5.74, 6) is -1.55. The summed E-state index contributed by atoms with van der Waals surface area (Å²) in [6.45, 7) is 1.06. The molecular formula is C20H19FN4O4S. The highest BCUT2D eigenvalue weighted by molar-refractivity contribution is 7.16. The van der Waals surface area contributed by atoms with Crippen molar-refractivity contribution in [3.63, 3.8) is 0 Å². The molecular weight excluding hydrogens is 411 g/mol. The number of rotatable bonds is 4. The zero-order valence-corrected chi connectivity index (χ0v) is 16.9. The number of hydrogen-bond acceptors (Lipinski definition) is 6. The predicted molar refractivity (Wildman–Crippen MR) is 106 cm³/mol. The molecule has 0 bridgehead atoms. The van der Waals surface area contributed by atoms with Crippen LogP contribution in [-0.4, -0.2) is 76.0 Å². The average molecular weight is 430 g/mol. The van der Waals surface area contributed by atoms with Crippen molar-refractivity contribution < 1.29 is 23.6 Å². The van der Waals surface area contributed by atoms with E-state index in [1.807, 2.05) is 0 Å². The first kappa shape index (κ1) is 20.1. The first-order chi connectivity index (χ1) is 14.4. The lowest BCUT2D eigenvalue weighted by atomic mass is 10.2. The number of carbonyl (C=O) groups excluding carboxylic acids is 4. The van der Waals surface area contributed by atoms with Crippen LogP contribution in [0.1, 0.15) is 22.5 Å². The van der Waals surface area contributed by atoms with Gasteiger partial charge in [0.15, 0.2) is 0 Å². The SMILES string of the molecule is O=C(CN1C(=O)CCC1=O)N1CCN(C(=O)c2cnc(-c3ccccc3F)s2)CC1. The number of nitrogens with zero attached hydrogens (tertiary/aromatic N) is 4. The van der Waals surface area contributed by atoms with E-state index in [-0.39, 0.29) is 43.0 Å². The third kappa shape index (κ3) is 3.95. The molecule has 2 saturated heterocycles. The Kier molecular flexibility index (Phi) is 5.58. The van der Waals surface area contributed by atoms with Gasteiger partial charge in [0.05, 0.1) is 6.20 Å². The second kappa shape index (κ2) is 8.31. The molecule has 30 heavy (non-hydrogen) atoms. The molecule has 2 aliphatic rings. The number of imide groups is 1. The fraction of sp³-hybridized carbons (Fsp3) is 0.350.